The van der Waals surface area contributed by atoms with Crippen LogP contribution in [0, 0.1) is 0 Å². The molecule has 1 amide bonds. The molecule has 5 nitrogen and oxygen atoms in total. The maximum Gasteiger partial charge on any atom is 0.351 e. The molecule has 1 aliphatic heterocycles. The molecule has 140 valence electrons. The number of halogens is 1. The van der Waals surface area contributed by atoms with Crippen molar-refractivity contribution in [2.24, 2.45) is 0 Å². The Hall–Kier alpha value is -2.37. The number of nitrogens with one attached hydrogen (secondary N) is 2. The molecular formula is C21H23ClN3O2+. The van der Waals surface area contributed by atoms with E-state index < -0.39 is 0 Å². The topological polar surface area (TPSA) is 58.2 Å². The van der Waals surface area contributed by atoms with E-state index in [1.807, 2.05) is 53.1 Å². The van der Waals surface area contributed by atoms with Gasteiger partial charge in [0, 0.05) is 23.2 Å². The zero-order valence-electron chi connectivity index (χ0n) is 15.5. The standard InChI is InChI=1S/C21H22ClN3O2/c1-21(2)13-16(9-11-27-21)23-20(26)19-24-18(14-6-5-7-15(22)12-14)17-8-3-4-10-25(17)19/h3-8,10,12,16H,9,11,13H2,1-2H3,(H,23,26)/p+1. The number of benzene rings is 1. The van der Waals surface area contributed by atoms with Crippen molar-refractivity contribution in [3.05, 3.63) is 59.5 Å². The third-order valence-electron chi connectivity index (χ3n) is 4.96. The lowest BCUT2D eigenvalue weighted by atomic mass is 9.94. The number of carbonyl (C=O) groups is 1. The molecule has 1 saturated heterocycles. The minimum absolute atomic E-state index is 0.0959. The van der Waals surface area contributed by atoms with Crippen LogP contribution in [0.5, 0.6) is 0 Å². The summed E-state index contributed by atoms with van der Waals surface area (Å²) in [6.45, 7) is 4.77. The zero-order chi connectivity index (χ0) is 19.0. The molecule has 1 atom stereocenters. The second-order valence-corrected chi connectivity index (χ2v) is 8.02. The molecular weight excluding hydrogens is 362 g/mol. The fraction of sp³-hybridized carbons (Fsp3) is 0.333. The smallest absolute Gasteiger partial charge is 0.351 e. The van der Waals surface area contributed by atoms with Crippen molar-refractivity contribution in [2.45, 2.75) is 38.3 Å². The number of hydrogen-bond acceptors (Lipinski definition) is 2. The molecule has 27 heavy (non-hydrogen) atoms. The van der Waals surface area contributed by atoms with Gasteiger partial charge in [0.2, 0.25) is 0 Å². The van der Waals surface area contributed by atoms with Crippen LogP contribution in [0.3, 0.4) is 0 Å². The zero-order valence-corrected chi connectivity index (χ0v) is 16.2. The first-order valence-electron chi connectivity index (χ1n) is 9.16. The number of H-pyrrole nitrogens is 1. The van der Waals surface area contributed by atoms with Gasteiger partial charge in [-0.1, -0.05) is 29.8 Å². The summed E-state index contributed by atoms with van der Waals surface area (Å²) in [5, 5.41) is 3.82. The van der Waals surface area contributed by atoms with Crippen LogP contribution in [0.1, 0.15) is 37.3 Å². The van der Waals surface area contributed by atoms with Gasteiger partial charge in [0.1, 0.15) is 0 Å². The average molecular weight is 385 g/mol. The van der Waals surface area contributed by atoms with Crippen LogP contribution < -0.4 is 9.72 Å². The fourth-order valence-electron chi connectivity index (χ4n) is 3.72. The predicted octanol–water partition coefficient (Wildman–Crippen LogP) is 3.76. The Morgan fingerprint density at radius 2 is 2.15 bits per heavy atom. The minimum Gasteiger partial charge on any atom is -0.375 e. The second-order valence-electron chi connectivity index (χ2n) is 7.59. The van der Waals surface area contributed by atoms with Gasteiger partial charge in [-0.2, -0.15) is 4.40 Å². The van der Waals surface area contributed by atoms with Crippen molar-refractivity contribution in [1.29, 1.82) is 0 Å². The third-order valence-corrected chi connectivity index (χ3v) is 5.20. The van der Waals surface area contributed by atoms with E-state index in [9.17, 15) is 4.79 Å². The van der Waals surface area contributed by atoms with Gasteiger partial charge in [0.25, 0.3) is 0 Å². The lowest BCUT2D eigenvalue weighted by molar-refractivity contribution is -0.514. The van der Waals surface area contributed by atoms with Gasteiger partial charge in [0.15, 0.2) is 11.2 Å². The lowest BCUT2D eigenvalue weighted by Crippen LogP contribution is -2.47. The van der Waals surface area contributed by atoms with Crippen LogP contribution in [0.15, 0.2) is 48.7 Å². The van der Waals surface area contributed by atoms with Crippen LogP contribution in [0.2, 0.25) is 5.02 Å². The number of imidazole rings is 1. The number of ether oxygens (including phenoxy) is 1. The summed E-state index contributed by atoms with van der Waals surface area (Å²) in [5.41, 5.74) is 2.53. The molecule has 4 rings (SSSR count). The highest BCUT2D eigenvalue weighted by Gasteiger charge is 2.32. The number of fused-ring (bicyclic) bond motifs is 1. The van der Waals surface area contributed by atoms with Gasteiger partial charge in [-0.25, -0.2) is 4.98 Å². The molecule has 0 radical (unpaired) electrons. The maximum atomic E-state index is 13.0. The van der Waals surface area contributed by atoms with Gasteiger partial charge in [0.05, 0.1) is 11.8 Å². The Bertz CT molecular complexity index is 996. The first-order valence-corrected chi connectivity index (χ1v) is 9.54. The van der Waals surface area contributed by atoms with Crippen LogP contribution in [-0.2, 0) is 4.74 Å². The second kappa shape index (κ2) is 6.98. The number of rotatable bonds is 3. The predicted molar refractivity (Wildman–Crippen MR) is 105 cm³/mol. The quantitative estimate of drug-likeness (QED) is 0.675. The minimum atomic E-state index is -0.215. The lowest BCUT2D eigenvalue weighted by Gasteiger charge is -2.35. The number of hydrogen-bond donors (Lipinski definition) is 2. The third kappa shape index (κ3) is 3.70. The van der Waals surface area contributed by atoms with E-state index in [4.69, 9.17) is 16.3 Å². The van der Waals surface area contributed by atoms with Crippen LogP contribution >= 0.6 is 11.6 Å². The van der Waals surface area contributed by atoms with E-state index in [0.29, 0.717) is 17.5 Å². The van der Waals surface area contributed by atoms with Crippen LogP contribution in [0.25, 0.3) is 16.8 Å². The highest BCUT2D eigenvalue weighted by molar-refractivity contribution is 6.30. The molecule has 3 aromatic rings. The summed E-state index contributed by atoms with van der Waals surface area (Å²) < 4.78 is 7.63. The molecule has 0 saturated carbocycles. The molecule has 1 aliphatic rings. The molecule has 1 aromatic carbocycles. The van der Waals surface area contributed by atoms with Gasteiger partial charge < -0.3 is 10.1 Å². The molecule has 0 aliphatic carbocycles. The van der Waals surface area contributed by atoms with Crippen molar-refractivity contribution in [3.63, 3.8) is 0 Å². The molecule has 2 aromatic heterocycles. The number of nitrogens with zero attached hydrogens (tertiary/aromatic N) is 1. The van der Waals surface area contributed by atoms with Crippen molar-refractivity contribution in [3.8, 4) is 11.3 Å². The van der Waals surface area contributed by atoms with Gasteiger partial charge in [-0.3, -0.25) is 4.79 Å². The number of amides is 1. The number of pyridine rings is 1. The van der Waals surface area contributed by atoms with Crippen molar-refractivity contribution >= 4 is 23.0 Å². The number of aromatic nitrogens is 2. The maximum absolute atomic E-state index is 13.0. The molecule has 1 fully saturated rings. The summed E-state index contributed by atoms with van der Waals surface area (Å²) in [6, 6.07) is 13.6. The highest BCUT2D eigenvalue weighted by atomic mass is 35.5. The van der Waals surface area contributed by atoms with Crippen molar-refractivity contribution < 1.29 is 13.9 Å². The van der Waals surface area contributed by atoms with E-state index in [0.717, 1.165) is 29.6 Å². The Morgan fingerprint density at radius 1 is 1.30 bits per heavy atom. The Kier molecular flexibility index (Phi) is 4.66. The summed E-state index contributed by atoms with van der Waals surface area (Å²) in [6.07, 6.45) is 3.51. The summed E-state index contributed by atoms with van der Waals surface area (Å²) in [5.74, 6) is 0.386. The molecule has 2 N–H and O–H groups in total. The van der Waals surface area contributed by atoms with Crippen LogP contribution in [0.4, 0.5) is 0 Å². The number of carbonyl (C=O) groups excluding carboxylic acids is 1. The van der Waals surface area contributed by atoms with Crippen molar-refractivity contribution in [2.75, 3.05) is 6.61 Å². The van der Waals surface area contributed by atoms with E-state index in [-0.39, 0.29) is 17.6 Å². The molecule has 1 unspecified atom stereocenters. The Morgan fingerprint density at radius 3 is 2.93 bits per heavy atom. The van der Waals surface area contributed by atoms with Crippen LogP contribution in [-0.4, -0.2) is 29.1 Å². The van der Waals surface area contributed by atoms with E-state index in [1.54, 1.807) is 0 Å². The van der Waals surface area contributed by atoms with E-state index in [2.05, 4.69) is 24.1 Å². The first kappa shape index (κ1) is 18.0. The highest BCUT2D eigenvalue weighted by Crippen LogP contribution is 2.26. The Balaban J connectivity index is 1.69. The first-order chi connectivity index (χ1) is 12.9. The Labute approximate surface area is 163 Å². The molecule has 6 heteroatoms. The van der Waals surface area contributed by atoms with Crippen molar-refractivity contribution in [1.82, 2.24) is 10.3 Å². The summed E-state index contributed by atoms with van der Waals surface area (Å²) >= 11 is 6.16. The molecule has 3 heterocycles. The molecule has 0 bridgehead atoms. The normalized spacial score (nSPS) is 19.1. The van der Waals surface area contributed by atoms with E-state index >= 15 is 0 Å². The molecule has 0 spiro atoms. The summed E-state index contributed by atoms with van der Waals surface area (Å²) in [7, 11) is 0. The van der Waals surface area contributed by atoms with E-state index in [1.165, 1.54) is 0 Å². The largest absolute Gasteiger partial charge is 0.375 e. The fourth-order valence-corrected chi connectivity index (χ4v) is 3.91. The van der Waals surface area contributed by atoms with Gasteiger partial charge >= 0.3 is 11.7 Å². The average Bonchev–Trinajstić information content (AvgIpc) is 3.01. The van der Waals surface area contributed by atoms with Gasteiger partial charge in [-0.05, 0) is 51.0 Å². The summed E-state index contributed by atoms with van der Waals surface area (Å²) in [4.78, 5) is 16.3. The monoisotopic (exact) mass is 384 g/mol. The van der Waals surface area contributed by atoms with Gasteiger partial charge in [-0.15, -0.1) is 0 Å². The number of aromatic amines is 1. The SMILES string of the molecule is CC1(C)CC(NC(=O)c2[nH]c(-c3cccc(Cl)c3)c3cccc[n+]23)CCO1.